The number of carbonyl (C=O) groups is 11. The van der Waals surface area contributed by atoms with Gasteiger partial charge in [-0.2, -0.15) is 0 Å². The van der Waals surface area contributed by atoms with E-state index in [1.165, 1.54) is 40.4 Å². The van der Waals surface area contributed by atoms with Crippen molar-refractivity contribution in [3.8, 4) is 0 Å². The molecule has 8 saturated heterocycles. The molecule has 12 fully saturated rings. The number of imide groups is 4. The minimum absolute atomic E-state index is 0.0412. The second kappa shape index (κ2) is 39.9. The van der Waals surface area contributed by atoms with Crippen molar-refractivity contribution in [1.82, 2.24) is 39.2 Å². The summed E-state index contributed by atoms with van der Waals surface area (Å²) in [4.78, 5) is 144. The molecule has 4 spiro atoms. The van der Waals surface area contributed by atoms with E-state index in [0.717, 1.165) is 48.8 Å². The largest absolute Gasteiger partial charge is 0.459 e. The van der Waals surface area contributed by atoms with Crippen molar-refractivity contribution >= 4 is 65.4 Å². The van der Waals surface area contributed by atoms with Crippen molar-refractivity contribution in [3.63, 3.8) is 0 Å². The maximum absolute atomic E-state index is 14.0. The van der Waals surface area contributed by atoms with E-state index in [-0.39, 0.29) is 156 Å². The molecule has 8 aliphatic heterocycles. The van der Waals surface area contributed by atoms with Crippen LogP contribution in [0.4, 0.5) is 27.2 Å². The Bertz CT molecular complexity index is 3220. The van der Waals surface area contributed by atoms with Crippen LogP contribution >= 0.6 is 0 Å². The first-order valence-corrected chi connectivity index (χ1v) is 40.0. The Morgan fingerprint density at radius 1 is 0.388 bits per heavy atom. The van der Waals surface area contributed by atoms with E-state index in [0.29, 0.717) is 37.8 Å². The molecule has 14 N–H and O–H groups in total. The third-order valence-corrected chi connectivity index (χ3v) is 26.3. The van der Waals surface area contributed by atoms with E-state index < -0.39 is 169 Å². The summed E-state index contributed by atoms with van der Waals surface area (Å²) in [5.41, 5.74) is -2.67. The summed E-state index contributed by atoms with van der Waals surface area (Å²) >= 11 is 0. The number of alkyl halides is 4. The van der Waals surface area contributed by atoms with Gasteiger partial charge < -0.3 is 105 Å². The standard InChI is InChI=1S/2C17H26N2O9.C12H19FN2O2.C12H21FO2.C11H17FN2O2.C7H13FO4/c2*1-2-19-8(20)7-17(15(19)26)3-5-18(6-4-17)16(27)28-14-12(24)10(22)9(21)11(23)13(14)25;1-9(13)8-15-10(16)7-12(11(15)17)3-5-14(2)6-4-12;1-6-7(2)9(4)12(15-10(5)14)11(13)8(6)3;1-13-5-2-11(3-6-13)8-9(15)14(7-4-12)10(11)16;1-2-3(8)5(10)7(12)6(11)4(2)9/h2*9-14,21-25H,2-7H2,1H3;9H,3-8H2,1-2H3;6-9,11-12H,1-5H3;2-8H2,1H3;2-7,9-12H,1H3. The predicted octanol–water partition coefficient (Wildman–Crippen LogP) is -3.18. The van der Waals surface area contributed by atoms with Gasteiger partial charge in [0.05, 0.1) is 40.9 Å². The van der Waals surface area contributed by atoms with Crippen molar-refractivity contribution in [1.29, 1.82) is 0 Å². The normalized spacial score (nSPS) is 37.7. The minimum Gasteiger partial charge on any atom is -0.459 e. The molecule has 8 heterocycles. The summed E-state index contributed by atoms with van der Waals surface area (Å²) in [5, 5.41) is 134. The predicted molar refractivity (Wildman–Crippen MR) is 394 cm³/mol. The number of esters is 1. The van der Waals surface area contributed by atoms with Gasteiger partial charge in [-0.05, 0) is 136 Å². The summed E-state index contributed by atoms with van der Waals surface area (Å²) in [6, 6.07) is 0. The fraction of sp³-hybridized carbons (Fsp3) is 0.855. The number of hydrogen-bond acceptors (Lipinski definition) is 30. The first kappa shape index (κ1) is 96.8. The molecule has 40 heteroatoms. The molecular weight excluding hydrogens is 1550 g/mol. The molecule has 12 aliphatic rings. The van der Waals surface area contributed by atoms with Crippen LogP contribution in [-0.2, 0) is 57.4 Å². The van der Waals surface area contributed by atoms with Crippen molar-refractivity contribution in [2.24, 2.45) is 51.2 Å². The Hall–Kier alpha value is -6.35. The van der Waals surface area contributed by atoms with Crippen molar-refractivity contribution in [2.75, 3.05) is 99.3 Å². The molecule has 12 rings (SSSR count). The monoisotopic (exact) mass is 1670 g/mol. The zero-order valence-electron chi connectivity index (χ0n) is 67.7. The first-order chi connectivity index (χ1) is 54.1. The average molecular weight is 1670 g/mol. The van der Waals surface area contributed by atoms with Gasteiger partial charge in [0.15, 0.2) is 12.2 Å². The van der Waals surface area contributed by atoms with Gasteiger partial charge in [0, 0.05) is 77.8 Å². The number of hydrogen-bond donors (Lipinski definition) is 14. The van der Waals surface area contributed by atoms with E-state index in [1.54, 1.807) is 13.8 Å². The van der Waals surface area contributed by atoms with E-state index in [9.17, 15) is 121 Å². The second-order valence-electron chi connectivity index (χ2n) is 33.7. The van der Waals surface area contributed by atoms with Gasteiger partial charge in [-0.1, -0.05) is 34.6 Å². The molecule has 0 bridgehead atoms. The zero-order chi connectivity index (χ0) is 87.2. The molecule has 36 nitrogen and oxygen atoms in total. The quantitative estimate of drug-likeness (QED) is 0.0468. The maximum atomic E-state index is 14.0. The van der Waals surface area contributed by atoms with Crippen LogP contribution < -0.4 is 0 Å². The number of aliphatic hydroxyl groups is 14. The number of likely N-dealkylation sites (tertiary alicyclic amines) is 8. The Balaban J connectivity index is 0.000000198. The van der Waals surface area contributed by atoms with Gasteiger partial charge in [0.2, 0.25) is 47.3 Å². The smallest absolute Gasteiger partial charge is 0.410 e. The SMILES string of the molecule is CC(=O)OC1C(C)C(C)C(C)C(C)C1F.CC(F)CN1C(=O)CC2(CCN(C)CC2)C1=O.CC1C(O)C(O)C(O)C(O)C1F.CCN1C(=O)CC2(CCN(C(=O)OC3C(O)C(O)C(O)C(O)C3O)CC2)C1=O.CCN1C(=O)CC2(CCN(C(=O)OC3C(O)C(O)C(O)C(O)C3O)CC2)C1=O.CN1CCC2(CC1)CC(=O)N(CCF)C2=O. The Morgan fingerprint density at radius 2 is 0.672 bits per heavy atom. The molecule has 10 amide bonds. The molecule has 21 atom stereocenters. The van der Waals surface area contributed by atoms with Gasteiger partial charge >= 0.3 is 18.2 Å². The number of carbonyl (C=O) groups excluding carboxylic acids is 11. The van der Waals surface area contributed by atoms with Crippen LogP contribution in [0.3, 0.4) is 0 Å². The number of halogens is 4. The Kier molecular flexibility index (Phi) is 33.3. The molecule has 4 saturated carbocycles. The average Bonchev–Trinajstić information content (AvgIpc) is 1.65. The fourth-order valence-corrected chi connectivity index (χ4v) is 17.7. The molecule has 0 aromatic rings. The lowest BCUT2D eigenvalue weighted by Gasteiger charge is -2.43. The lowest BCUT2D eigenvalue weighted by Crippen LogP contribution is -2.65. The molecule has 0 radical (unpaired) electrons. The van der Waals surface area contributed by atoms with Crippen LogP contribution in [-0.4, -0.2) is 398 Å². The Morgan fingerprint density at radius 3 is 0.991 bits per heavy atom. The van der Waals surface area contributed by atoms with Gasteiger partial charge in [-0.15, -0.1) is 0 Å². The first-order valence-electron chi connectivity index (χ1n) is 40.0. The fourth-order valence-electron chi connectivity index (χ4n) is 17.7. The third-order valence-electron chi connectivity index (χ3n) is 26.3. The van der Waals surface area contributed by atoms with Crippen molar-refractivity contribution < 1.29 is 156 Å². The molecule has 21 unspecified atom stereocenters. The molecule has 662 valence electrons. The number of ether oxygens (including phenoxy) is 3. The van der Waals surface area contributed by atoms with E-state index >= 15 is 0 Å². The molecule has 4 aliphatic carbocycles. The molecule has 0 aromatic heterocycles. The van der Waals surface area contributed by atoms with Crippen LogP contribution in [0.15, 0.2) is 0 Å². The Labute approximate surface area is 670 Å². The summed E-state index contributed by atoms with van der Waals surface area (Å²) in [6.07, 6.45) is -28.5. The maximum Gasteiger partial charge on any atom is 0.410 e. The highest BCUT2D eigenvalue weighted by molar-refractivity contribution is 6.08. The second-order valence-corrected chi connectivity index (χ2v) is 33.7. The number of aliphatic hydroxyl groups excluding tert-OH is 14. The van der Waals surface area contributed by atoms with E-state index in [1.807, 2.05) is 27.9 Å². The molecule has 0 aromatic carbocycles. The van der Waals surface area contributed by atoms with Crippen LogP contribution in [0.25, 0.3) is 0 Å². The molecular formula is C76H122F4N8O28. The molecule has 116 heavy (non-hydrogen) atoms. The lowest BCUT2D eigenvalue weighted by atomic mass is 9.67. The van der Waals surface area contributed by atoms with Crippen LogP contribution in [0, 0.1) is 51.2 Å². The van der Waals surface area contributed by atoms with Gasteiger partial charge in [-0.3, -0.25) is 62.8 Å². The summed E-state index contributed by atoms with van der Waals surface area (Å²) in [5.74, 6) is -2.09. The van der Waals surface area contributed by atoms with Gasteiger partial charge in [0.1, 0.15) is 111 Å². The number of nitrogens with zero attached hydrogens (tertiary/aromatic N) is 8. The summed E-state index contributed by atoms with van der Waals surface area (Å²) in [6.45, 7) is 19.3. The van der Waals surface area contributed by atoms with Crippen molar-refractivity contribution in [2.45, 2.75) is 262 Å². The van der Waals surface area contributed by atoms with Crippen LogP contribution in [0.2, 0.25) is 0 Å². The highest BCUT2D eigenvalue weighted by Crippen LogP contribution is 2.47. The highest BCUT2D eigenvalue weighted by Gasteiger charge is 2.59. The van der Waals surface area contributed by atoms with E-state index in [4.69, 9.17) is 34.6 Å². The topological polar surface area (TPSA) is 525 Å². The lowest BCUT2D eigenvalue weighted by molar-refractivity contribution is -0.224. The zero-order valence-corrected chi connectivity index (χ0v) is 67.7. The van der Waals surface area contributed by atoms with Crippen LogP contribution in [0.1, 0.15) is 139 Å². The summed E-state index contributed by atoms with van der Waals surface area (Å²) < 4.78 is 67.4. The highest BCUT2D eigenvalue weighted by atomic mass is 19.1. The van der Waals surface area contributed by atoms with Gasteiger partial charge in [0.25, 0.3) is 0 Å². The number of rotatable bonds is 9. The van der Waals surface area contributed by atoms with Gasteiger partial charge in [-0.25, -0.2) is 27.2 Å². The summed E-state index contributed by atoms with van der Waals surface area (Å²) in [7, 11) is 4.02. The minimum atomic E-state index is -1.79. The third kappa shape index (κ3) is 20.5. The van der Waals surface area contributed by atoms with E-state index in [2.05, 4.69) is 23.6 Å². The van der Waals surface area contributed by atoms with Crippen molar-refractivity contribution in [3.05, 3.63) is 0 Å². The van der Waals surface area contributed by atoms with Crippen LogP contribution in [0.5, 0.6) is 0 Å². The number of amides is 10. The number of piperidine rings is 4.